The van der Waals surface area contributed by atoms with Gasteiger partial charge in [-0.3, -0.25) is 9.20 Å². The molecule has 0 radical (unpaired) electrons. The van der Waals surface area contributed by atoms with Gasteiger partial charge in [0, 0.05) is 54.6 Å². The normalized spacial score (nSPS) is 15.3. The topological polar surface area (TPSA) is 118 Å². The van der Waals surface area contributed by atoms with E-state index < -0.39 is 23.2 Å². The number of likely N-dealkylation sites (tertiary alicyclic amines) is 1. The smallest absolute Gasteiger partial charge is 0.259 e. The van der Waals surface area contributed by atoms with Crippen molar-refractivity contribution in [3.8, 4) is 34.1 Å². The fourth-order valence-electron chi connectivity index (χ4n) is 8.42. The molecule has 15 heteroatoms. The van der Waals surface area contributed by atoms with Crippen LogP contribution >= 0.6 is 12.0 Å². The number of hydrogen-bond acceptors (Lipinski definition) is 11. The number of methoxy groups -OCH3 is 1. The fraction of sp³-hybridized carbons (Fsp3) is 0.348. The lowest BCUT2D eigenvalue weighted by molar-refractivity contribution is 0.102. The van der Waals surface area contributed by atoms with Crippen LogP contribution in [0.3, 0.4) is 0 Å². The molecule has 2 saturated heterocycles. The summed E-state index contributed by atoms with van der Waals surface area (Å²) in [6.45, 7) is 6.41. The molecule has 0 spiro atoms. The minimum absolute atomic E-state index is 0.0825. The summed E-state index contributed by atoms with van der Waals surface area (Å²) in [7, 11) is 3.41. The standard InChI is InChI=1S/C46H50F2N8O4S/c1-4-60-39-14-11-31(28-34(39)45(57)53-43-35(47)8-7-9-36(43)48)42-44(56-22-6-5-10-41(56)52-42)38-15-21-49-46(51-38)50-37-13-12-33(29-40(37)58-2)55-25-18-32(19-26-55)54-23-16-30(17-24-54)20-27-61-59-3/h5-15,21-22,28-30,32H,4,16-20,23-27H2,1-3H3,(H,53,57)(H,49,50,51). The maximum Gasteiger partial charge on any atom is 0.259 e. The van der Waals surface area contributed by atoms with Gasteiger partial charge in [-0.2, -0.15) is 0 Å². The van der Waals surface area contributed by atoms with E-state index >= 15 is 0 Å². The van der Waals surface area contributed by atoms with Crippen LogP contribution in [0.25, 0.3) is 28.3 Å². The summed E-state index contributed by atoms with van der Waals surface area (Å²) in [5.74, 6) is 0.634. The number of fused-ring (bicyclic) bond motifs is 1. The molecule has 0 atom stereocenters. The molecule has 12 nitrogen and oxygen atoms in total. The molecule has 0 bridgehead atoms. The van der Waals surface area contributed by atoms with Crippen molar-refractivity contribution in [3.05, 3.63) is 108 Å². The maximum atomic E-state index is 14.6. The van der Waals surface area contributed by atoms with Crippen molar-refractivity contribution in [1.29, 1.82) is 0 Å². The number of imidazole rings is 1. The van der Waals surface area contributed by atoms with Gasteiger partial charge in [-0.05, 0) is 131 Å². The number of ether oxygens (including phenoxy) is 2. The van der Waals surface area contributed by atoms with Crippen molar-refractivity contribution in [3.63, 3.8) is 0 Å². The monoisotopic (exact) mass is 848 g/mol. The molecule has 2 fully saturated rings. The number of halogens is 2. The molecule has 2 N–H and O–H groups in total. The van der Waals surface area contributed by atoms with E-state index in [9.17, 15) is 13.6 Å². The van der Waals surface area contributed by atoms with E-state index in [4.69, 9.17) is 23.6 Å². The van der Waals surface area contributed by atoms with Gasteiger partial charge in [0.1, 0.15) is 34.5 Å². The molecule has 318 valence electrons. The highest BCUT2D eigenvalue weighted by Gasteiger charge is 2.29. The Labute approximate surface area is 358 Å². The Hall–Kier alpha value is -5.77. The van der Waals surface area contributed by atoms with Crippen LogP contribution in [0.15, 0.2) is 91.3 Å². The van der Waals surface area contributed by atoms with Crippen molar-refractivity contribution < 1.29 is 27.2 Å². The SMILES string of the molecule is CCOc1ccc(-c2nc3ccccn3c2-c2ccnc(Nc3ccc(N4CCC(N5CCC(CCSOC)CC5)CC4)cc3OC)n2)cc1C(=O)Nc1c(F)cccc1F. The third-order valence-electron chi connectivity index (χ3n) is 11.6. The Morgan fingerprint density at radius 1 is 0.885 bits per heavy atom. The highest BCUT2D eigenvalue weighted by Crippen LogP contribution is 2.37. The number of pyridine rings is 1. The molecule has 8 rings (SSSR count). The number of rotatable bonds is 15. The second-order valence-electron chi connectivity index (χ2n) is 15.2. The largest absolute Gasteiger partial charge is 0.494 e. The van der Waals surface area contributed by atoms with E-state index in [-0.39, 0.29) is 17.9 Å². The predicted octanol–water partition coefficient (Wildman–Crippen LogP) is 9.51. The van der Waals surface area contributed by atoms with Crippen LogP contribution in [-0.4, -0.2) is 89.0 Å². The van der Waals surface area contributed by atoms with E-state index in [1.165, 1.54) is 38.4 Å². The van der Waals surface area contributed by atoms with Gasteiger partial charge in [-0.1, -0.05) is 12.1 Å². The Kier molecular flexibility index (Phi) is 13.3. The third kappa shape index (κ3) is 9.43. The maximum absolute atomic E-state index is 14.6. The molecular formula is C46H50F2N8O4S. The average molecular weight is 849 g/mol. The van der Waals surface area contributed by atoms with Gasteiger partial charge in [0.15, 0.2) is 0 Å². The number of piperidine rings is 2. The molecule has 6 aromatic rings. The van der Waals surface area contributed by atoms with Crippen molar-refractivity contribution >= 4 is 46.6 Å². The molecule has 61 heavy (non-hydrogen) atoms. The van der Waals surface area contributed by atoms with Crippen LogP contribution in [0.1, 0.15) is 49.4 Å². The van der Waals surface area contributed by atoms with Gasteiger partial charge in [0.25, 0.3) is 5.91 Å². The number of nitrogens with one attached hydrogen (secondary N) is 2. The summed E-state index contributed by atoms with van der Waals surface area (Å²) >= 11 is 1.57. The average Bonchev–Trinajstić information content (AvgIpc) is 3.68. The Balaban J connectivity index is 1.01. The van der Waals surface area contributed by atoms with Gasteiger partial charge < -0.3 is 34.1 Å². The van der Waals surface area contributed by atoms with Crippen LogP contribution in [0.4, 0.5) is 31.8 Å². The molecule has 0 saturated carbocycles. The molecule has 5 heterocycles. The van der Waals surface area contributed by atoms with Crippen LogP contribution < -0.4 is 25.0 Å². The Morgan fingerprint density at radius 3 is 2.44 bits per heavy atom. The zero-order valence-corrected chi connectivity index (χ0v) is 35.4. The fourth-order valence-corrected chi connectivity index (χ4v) is 9.02. The summed E-state index contributed by atoms with van der Waals surface area (Å²) in [4.78, 5) is 33.2. The highest BCUT2D eigenvalue weighted by molar-refractivity contribution is 7.94. The van der Waals surface area contributed by atoms with Crippen LogP contribution in [0.5, 0.6) is 11.5 Å². The summed E-state index contributed by atoms with van der Waals surface area (Å²) in [5, 5.41) is 5.76. The molecule has 2 aliphatic heterocycles. The highest BCUT2D eigenvalue weighted by atomic mass is 32.2. The van der Waals surface area contributed by atoms with Crippen LogP contribution in [0.2, 0.25) is 0 Å². The van der Waals surface area contributed by atoms with Crippen LogP contribution in [-0.2, 0) is 4.18 Å². The predicted molar refractivity (Wildman–Crippen MR) is 237 cm³/mol. The molecule has 0 aliphatic carbocycles. The van der Waals surface area contributed by atoms with Crippen LogP contribution in [0, 0.1) is 17.6 Å². The number of para-hydroxylation sites is 1. The quantitative estimate of drug-likeness (QED) is 0.0760. The molecule has 3 aromatic carbocycles. The van der Waals surface area contributed by atoms with Crippen molar-refractivity contribution in [2.24, 2.45) is 5.92 Å². The molecule has 2 aliphatic rings. The third-order valence-corrected chi connectivity index (χ3v) is 12.2. The molecular weight excluding hydrogens is 799 g/mol. The van der Waals surface area contributed by atoms with Crippen molar-refractivity contribution in [2.75, 3.05) is 68.3 Å². The van der Waals surface area contributed by atoms with Gasteiger partial charge in [0.2, 0.25) is 5.95 Å². The number of nitrogens with zero attached hydrogens (tertiary/aromatic N) is 6. The minimum Gasteiger partial charge on any atom is -0.494 e. The van der Waals surface area contributed by atoms with E-state index in [1.54, 1.807) is 63.6 Å². The lowest BCUT2D eigenvalue weighted by Gasteiger charge is -2.42. The Bertz CT molecular complexity index is 2450. The lowest BCUT2D eigenvalue weighted by atomic mass is 9.91. The number of aromatic nitrogens is 4. The first-order valence-corrected chi connectivity index (χ1v) is 21.7. The number of carbonyl (C=O) groups excluding carboxylic acids is 1. The molecule has 0 unspecified atom stereocenters. The summed E-state index contributed by atoms with van der Waals surface area (Å²) < 4.78 is 47.9. The minimum atomic E-state index is -0.891. The van der Waals surface area contributed by atoms with Gasteiger partial charge >= 0.3 is 0 Å². The molecule has 3 aromatic heterocycles. The van der Waals surface area contributed by atoms with Crippen molar-refractivity contribution in [2.45, 2.75) is 45.1 Å². The zero-order chi connectivity index (χ0) is 42.3. The van der Waals surface area contributed by atoms with E-state index in [0.29, 0.717) is 46.0 Å². The van der Waals surface area contributed by atoms with E-state index in [1.807, 2.05) is 34.9 Å². The van der Waals surface area contributed by atoms with E-state index in [2.05, 4.69) is 37.6 Å². The summed E-state index contributed by atoms with van der Waals surface area (Å²) in [5.41, 5.74) is 4.31. The second kappa shape index (κ2) is 19.3. The summed E-state index contributed by atoms with van der Waals surface area (Å²) in [6.07, 6.45) is 9.61. The van der Waals surface area contributed by atoms with E-state index in [0.717, 1.165) is 61.1 Å². The number of hydrogen-bond donors (Lipinski definition) is 2. The zero-order valence-electron chi connectivity index (χ0n) is 34.6. The summed E-state index contributed by atoms with van der Waals surface area (Å²) in [6, 6.07) is 22.7. The van der Waals surface area contributed by atoms with Gasteiger partial charge in [-0.15, -0.1) is 0 Å². The van der Waals surface area contributed by atoms with Gasteiger partial charge in [-0.25, -0.2) is 23.7 Å². The van der Waals surface area contributed by atoms with Gasteiger partial charge in [0.05, 0.1) is 49.2 Å². The number of anilines is 4. The first kappa shape index (κ1) is 41.9. The second-order valence-corrected chi connectivity index (χ2v) is 16.2. The number of benzene rings is 3. The number of amides is 1. The lowest BCUT2D eigenvalue weighted by Crippen LogP contribution is -2.47. The number of carbonyl (C=O) groups is 1. The van der Waals surface area contributed by atoms with Crippen molar-refractivity contribution in [1.82, 2.24) is 24.3 Å². The molecule has 1 amide bonds. The Morgan fingerprint density at radius 2 is 1.69 bits per heavy atom. The first-order chi connectivity index (χ1) is 29.8. The first-order valence-electron chi connectivity index (χ1n) is 20.8.